The molecule has 10 heteroatoms. The molecule has 5 aromatic heterocycles. The van der Waals surface area contributed by atoms with E-state index in [-0.39, 0.29) is 5.91 Å². The van der Waals surface area contributed by atoms with E-state index in [9.17, 15) is 4.79 Å². The molecule has 0 unspecified atom stereocenters. The molecule has 6 rings (SSSR count). The minimum atomic E-state index is -0.290. The average Bonchev–Trinajstić information content (AvgIpc) is 3.23. The summed E-state index contributed by atoms with van der Waals surface area (Å²) in [5, 5.41) is 13.1. The third-order valence-corrected chi connectivity index (χ3v) is 6.30. The number of carbonyl (C=O) groups is 1. The maximum atomic E-state index is 12.9. The zero-order valence-corrected chi connectivity index (χ0v) is 18.2. The van der Waals surface area contributed by atoms with E-state index < -0.39 is 0 Å². The van der Waals surface area contributed by atoms with E-state index in [0.717, 1.165) is 40.5 Å². The van der Waals surface area contributed by atoms with E-state index >= 15 is 0 Å². The van der Waals surface area contributed by atoms with E-state index in [1.54, 1.807) is 31.0 Å². The number of pyridine rings is 2. The molecule has 5 aromatic rings. The van der Waals surface area contributed by atoms with Gasteiger partial charge in [-0.2, -0.15) is 0 Å². The van der Waals surface area contributed by atoms with Gasteiger partial charge in [0.05, 0.1) is 28.1 Å². The lowest BCUT2D eigenvalue weighted by Gasteiger charge is -2.04. The third kappa shape index (κ3) is 3.92. The van der Waals surface area contributed by atoms with E-state index in [1.807, 2.05) is 35.7 Å². The molecule has 0 spiro atoms. The summed E-state index contributed by atoms with van der Waals surface area (Å²) in [7, 11) is 0. The van der Waals surface area contributed by atoms with Crippen molar-refractivity contribution in [2.24, 2.45) is 0 Å². The number of rotatable bonds is 6. The molecule has 0 aromatic carbocycles. The van der Waals surface area contributed by atoms with Gasteiger partial charge >= 0.3 is 0 Å². The van der Waals surface area contributed by atoms with Gasteiger partial charge in [-0.1, -0.05) is 6.07 Å². The van der Waals surface area contributed by atoms with Crippen LogP contribution in [0.15, 0.2) is 66.7 Å². The molecule has 0 atom stereocenters. The zero-order valence-electron chi connectivity index (χ0n) is 17.3. The fourth-order valence-electron chi connectivity index (χ4n) is 3.58. The normalized spacial score (nSPS) is 13.2. The monoisotopic (exact) mass is 454 g/mol. The van der Waals surface area contributed by atoms with Crippen LogP contribution in [0.4, 0.5) is 5.69 Å². The molecule has 1 saturated carbocycles. The summed E-state index contributed by atoms with van der Waals surface area (Å²) in [4.78, 5) is 30.1. The molecule has 0 bridgehead atoms. The van der Waals surface area contributed by atoms with Crippen LogP contribution < -0.4 is 5.32 Å². The Balaban J connectivity index is 1.20. The van der Waals surface area contributed by atoms with Crippen molar-refractivity contribution < 1.29 is 4.79 Å². The van der Waals surface area contributed by atoms with Crippen molar-refractivity contribution in [2.45, 2.75) is 18.9 Å². The minimum absolute atomic E-state index is 0.290. The molecule has 162 valence electrons. The summed E-state index contributed by atoms with van der Waals surface area (Å²) in [5.41, 5.74) is 3.37. The Bertz CT molecular complexity index is 1430. The standard InChI is InChI=1S/C23H18N8OS/c32-23(28-15-10-20(33-12-15)22-30-27-13-31(22)16-4-5-16)18-9-14(6-8-25-18)21-26-11-19(29-21)17-3-1-2-7-24-17/h1-3,6-13,16H,4-5H2,(H,26,29)(H,28,32). The van der Waals surface area contributed by atoms with Crippen molar-refractivity contribution in [3.05, 3.63) is 72.4 Å². The highest BCUT2D eigenvalue weighted by atomic mass is 32.1. The van der Waals surface area contributed by atoms with E-state index in [2.05, 4.69) is 40.0 Å². The second-order valence-corrected chi connectivity index (χ2v) is 8.65. The van der Waals surface area contributed by atoms with Gasteiger partial charge in [-0.15, -0.1) is 21.5 Å². The van der Waals surface area contributed by atoms with Crippen LogP contribution in [0.2, 0.25) is 0 Å². The lowest BCUT2D eigenvalue weighted by Crippen LogP contribution is -2.13. The van der Waals surface area contributed by atoms with Gasteiger partial charge in [0.2, 0.25) is 0 Å². The van der Waals surface area contributed by atoms with Gasteiger partial charge in [0.15, 0.2) is 5.82 Å². The van der Waals surface area contributed by atoms with Gasteiger partial charge in [0, 0.05) is 29.4 Å². The Kier molecular flexibility index (Phi) is 4.76. The number of aromatic nitrogens is 7. The van der Waals surface area contributed by atoms with E-state index in [4.69, 9.17) is 0 Å². The molecule has 0 radical (unpaired) electrons. The van der Waals surface area contributed by atoms with Gasteiger partial charge in [-0.3, -0.25) is 14.8 Å². The largest absolute Gasteiger partial charge is 0.337 e. The molecule has 1 aliphatic carbocycles. The molecule has 1 amide bonds. The molecule has 9 nitrogen and oxygen atoms in total. The quantitative estimate of drug-likeness (QED) is 0.392. The molecule has 0 aliphatic heterocycles. The molecule has 5 heterocycles. The zero-order chi connectivity index (χ0) is 22.2. The molecule has 33 heavy (non-hydrogen) atoms. The van der Waals surface area contributed by atoms with Crippen LogP contribution in [-0.2, 0) is 0 Å². The predicted molar refractivity (Wildman–Crippen MR) is 125 cm³/mol. The van der Waals surface area contributed by atoms with Crippen LogP contribution in [0.1, 0.15) is 29.4 Å². The van der Waals surface area contributed by atoms with E-state index in [1.165, 1.54) is 11.3 Å². The summed E-state index contributed by atoms with van der Waals surface area (Å²) in [6.07, 6.45) is 9.14. The number of hydrogen-bond acceptors (Lipinski definition) is 7. The summed E-state index contributed by atoms with van der Waals surface area (Å²) in [6, 6.07) is 11.6. The molecular formula is C23H18N8OS. The first kappa shape index (κ1) is 19.5. The van der Waals surface area contributed by atoms with Crippen molar-refractivity contribution in [3.8, 4) is 33.5 Å². The Morgan fingerprint density at radius 1 is 1.12 bits per heavy atom. The molecule has 0 saturated heterocycles. The molecule has 1 aliphatic rings. The fourth-order valence-corrected chi connectivity index (χ4v) is 4.40. The number of nitrogens with zero attached hydrogens (tertiary/aromatic N) is 6. The van der Waals surface area contributed by atoms with Crippen LogP contribution in [-0.4, -0.2) is 40.6 Å². The summed E-state index contributed by atoms with van der Waals surface area (Å²) in [5.74, 6) is 1.19. The topological polar surface area (TPSA) is 114 Å². The van der Waals surface area contributed by atoms with Crippen molar-refractivity contribution in [1.29, 1.82) is 0 Å². The Labute approximate surface area is 192 Å². The molecular weight excluding hydrogens is 436 g/mol. The maximum absolute atomic E-state index is 12.9. The lowest BCUT2D eigenvalue weighted by molar-refractivity contribution is 0.102. The highest BCUT2D eigenvalue weighted by molar-refractivity contribution is 7.14. The maximum Gasteiger partial charge on any atom is 0.274 e. The highest BCUT2D eigenvalue weighted by Crippen LogP contribution is 2.39. The van der Waals surface area contributed by atoms with Gasteiger partial charge in [-0.05, 0) is 43.2 Å². The van der Waals surface area contributed by atoms with Gasteiger partial charge in [0.1, 0.15) is 17.8 Å². The van der Waals surface area contributed by atoms with Gasteiger partial charge < -0.3 is 14.9 Å². The first-order chi connectivity index (χ1) is 16.2. The van der Waals surface area contributed by atoms with Crippen molar-refractivity contribution in [3.63, 3.8) is 0 Å². The van der Waals surface area contributed by atoms with Crippen LogP contribution in [0.25, 0.3) is 33.5 Å². The Morgan fingerprint density at radius 3 is 2.91 bits per heavy atom. The number of hydrogen-bond donors (Lipinski definition) is 2. The van der Waals surface area contributed by atoms with Crippen LogP contribution in [0, 0.1) is 0 Å². The lowest BCUT2D eigenvalue weighted by atomic mass is 10.2. The summed E-state index contributed by atoms with van der Waals surface area (Å²) in [6.45, 7) is 0. The van der Waals surface area contributed by atoms with Crippen molar-refractivity contribution >= 4 is 22.9 Å². The number of amides is 1. The van der Waals surface area contributed by atoms with Gasteiger partial charge in [-0.25, -0.2) is 4.98 Å². The Morgan fingerprint density at radius 2 is 2.06 bits per heavy atom. The third-order valence-electron chi connectivity index (χ3n) is 5.37. The van der Waals surface area contributed by atoms with E-state index in [0.29, 0.717) is 23.2 Å². The number of H-pyrrole nitrogens is 1. The first-order valence-electron chi connectivity index (χ1n) is 10.5. The fraction of sp³-hybridized carbons (Fsp3) is 0.130. The van der Waals surface area contributed by atoms with Crippen LogP contribution in [0.5, 0.6) is 0 Å². The van der Waals surface area contributed by atoms with Crippen LogP contribution in [0.3, 0.4) is 0 Å². The number of imidazole rings is 1. The smallest absolute Gasteiger partial charge is 0.274 e. The van der Waals surface area contributed by atoms with Crippen molar-refractivity contribution in [2.75, 3.05) is 5.32 Å². The molecule has 2 N–H and O–H groups in total. The number of thiophene rings is 1. The summed E-state index contributed by atoms with van der Waals surface area (Å²) >= 11 is 1.53. The predicted octanol–water partition coefficient (Wildman–Crippen LogP) is 4.44. The van der Waals surface area contributed by atoms with Crippen LogP contribution >= 0.6 is 11.3 Å². The minimum Gasteiger partial charge on any atom is -0.337 e. The highest BCUT2D eigenvalue weighted by Gasteiger charge is 2.27. The Hall–Kier alpha value is -4.18. The number of nitrogens with one attached hydrogen (secondary N) is 2. The molecule has 1 fully saturated rings. The van der Waals surface area contributed by atoms with Crippen molar-refractivity contribution in [1.82, 2.24) is 34.7 Å². The second-order valence-electron chi connectivity index (χ2n) is 7.74. The van der Waals surface area contributed by atoms with Gasteiger partial charge in [0.25, 0.3) is 5.91 Å². The first-order valence-corrected chi connectivity index (χ1v) is 11.4. The summed E-state index contributed by atoms with van der Waals surface area (Å²) < 4.78 is 2.10. The number of aromatic amines is 1. The SMILES string of the molecule is O=C(Nc1csc(-c2nncn2C2CC2)c1)c1cc(-c2ncc(-c3ccccn3)[nH]2)ccn1. The number of anilines is 1. The average molecular weight is 455 g/mol. The number of carbonyl (C=O) groups excluding carboxylic acids is 1. The second kappa shape index (κ2) is 8.06.